The zero-order valence-electron chi connectivity index (χ0n) is 13.5. The van der Waals surface area contributed by atoms with Gasteiger partial charge in [0.25, 0.3) is 0 Å². The van der Waals surface area contributed by atoms with Crippen molar-refractivity contribution in [3.05, 3.63) is 41.4 Å². The summed E-state index contributed by atoms with van der Waals surface area (Å²) in [5, 5.41) is 13.6. The van der Waals surface area contributed by atoms with Gasteiger partial charge in [-0.1, -0.05) is 55.4 Å². The van der Waals surface area contributed by atoms with Crippen LogP contribution in [0.3, 0.4) is 0 Å². The molecule has 0 saturated carbocycles. The van der Waals surface area contributed by atoms with Crippen molar-refractivity contribution in [1.82, 2.24) is 15.0 Å². The lowest BCUT2D eigenvalue weighted by Gasteiger charge is -2.16. The number of rotatable bonds is 8. The average Bonchev–Trinajstić information content (AvgIpc) is 3.09. The third kappa shape index (κ3) is 4.23. The van der Waals surface area contributed by atoms with Gasteiger partial charge in [0.15, 0.2) is 16.6 Å². The first-order valence-corrected chi connectivity index (χ1v) is 9.82. The molecule has 0 bridgehead atoms. The highest BCUT2D eigenvalue weighted by Gasteiger charge is 2.14. The maximum atomic E-state index is 9.54. The van der Waals surface area contributed by atoms with Gasteiger partial charge >= 0.3 is 0 Å². The number of nitrogens with zero attached hydrogens (tertiary/aromatic N) is 3. The highest BCUT2D eigenvalue weighted by atomic mass is 32.2. The third-order valence-electron chi connectivity index (χ3n) is 3.58. The van der Waals surface area contributed by atoms with Gasteiger partial charge in [-0.25, -0.2) is 15.0 Å². The molecule has 1 atom stereocenters. The van der Waals surface area contributed by atoms with Gasteiger partial charge < -0.3 is 10.4 Å². The number of hydrogen-bond donors (Lipinski definition) is 2. The monoisotopic (exact) mass is 360 g/mol. The number of aliphatic hydroxyl groups excluding tert-OH is 1. The molecule has 0 unspecified atom stereocenters. The van der Waals surface area contributed by atoms with Crippen molar-refractivity contribution >= 4 is 39.3 Å². The molecule has 7 heteroatoms. The van der Waals surface area contributed by atoms with Gasteiger partial charge in [0.2, 0.25) is 0 Å². The van der Waals surface area contributed by atoms with Crippen LogP contribution in [-0.4, -0.2) is 32.7 Å². The Hall–Kier alpha value is -1.70. The molecule has 1 aromatic carbocycles. The molecule has 3 aromatic rings. The largest absolute Gasteiger partial charge is 0.394 e. The number of thioether (sulfide) groups is 1. The van der Waals surface area contributed by atoms with E-state index in [1.165, 1.54) is 16.9 Å². The van der Waals surface area contributed by atoms with Crippen molar-refractivity contribution in [2.24, 2.45) is 0 Å². The molecule has 3 rings (SSSR count). The minimum atomic E-state index is 0.00201. The van der Waals surface area contributed by atoms with Crippen molar-refractivity contribution in [3.8, 4) is 0 Å². The average molecular weight is 361 g/mol. The Balaban J connectivity index is 1.81. The van der Waals surface area contributed by atoms with Crippen LogP contribution in [0, 0.1) is 0 Å². The van der Waals surface area contributed by atoms with E-state index in [1.54, 1.807) is 17.3 Å². The van der Waals surface area contributed by atoms with E-state index in [0.717, 1.165) is 29.1 Å². The maximum absolute atomic E-state index is 9.54. The van der Waals surface area contributed by atoms with Gasteiger partial charge in [0, 0.05) is 5.75 Å². The first-order chi connectivity index (χ1) is 11.8. The van der Waals surface area contributed by atoms with E-state index in [1.807, 2.05) is 18.2 Å². The van der Waals surface area contributed by atoms with Crippen LogP contribution in [-0.2, 0) is 5.75 Å². The molecule has 0 aliphatic carbocycles. The van der Waals surface area contributed by atoms with Crippen LogP contribution in [0.2, 0.25) is 0 Å². The number of aromatic nitrogens is 3. The fraction of sp³-hybridized carbons (Fsp3) is 0.353. The highest BCUT2D eigenvalue weighted by Crippen LogP contribution is 2.29. The van der Waals surface area contributed by atoms with Gasteiger partial charge in [0.05, 0.1) is 18.2 Å². The number of anilines is 1. The van der Waals surface area contributed by atoms with Crippen LogP contribution in [0.4, 0.5) is 5.82 Å². The summed E-state index contributed by atoms with van der Waals surface area (Å²) in [6, 6.07) is 10.3. The number of thiazole rings is 1. The molecule has 126 valence electrons. The lowest BCUT2D eigenvalue weighted by Crippen LogP contribution is -2.24. The number of benzene rings is 1. The van der Waals surface area contributed by atoms with E-state index in [-0.39, 0.29) is 12.6 Å². The van der Waals surface area contributed by atoms with Gasteiger partial charge in [-0.3, -0.25) is 0 Å². The molecule has 0 aliphatic heterocycles. The Morgan fingerprint density at radius 2 is 2.08 bits per heavy atom. The normalized spacial score (nSPS) is 12.4. The van der Waals surface area contributed by atoms with Crippen molar-refractivity contribution < 1.29 is 5.11 Å². The van der Waals surface area contributed by atoms with Crippen LogP contribution in [0.1, 0.15) is 25.3 Å². The van der Waals surface area contributed by atoms with E-state index in [0.29, 0.717) is 10.8 Å². The smallest absolute Gasteiger partial charge is 0.191 e. The highest BCUT2D eigenvalue weighted by molar-refractivity contribution is 7.98. The lowest BCUT2D eigenvalue weighted by atomic mass is 10.2. The second-order valence-electron chi connectivity index (χ2n) is 5.45. The lowest BCUT2D eigenvalue weighted by molar-refractivity contribution is 0.268. The third-order valence-corrected chi connectivity index (χ3v) is 5.32. The fourth-order valence-electron chi connectivity index (χ4n) is 2.38. The molecule has 0 saturated heterocycles. The number of fused-ring (bicyclic) bond motifs is 1. The van der Waals surface area contributed by atoms with Crippen LogP contribution >= 0.6 is 23.1 Å². The molecule has 2 N–H and O–H groups in total. The second-order valence-corrected chi connectivity index (χ2v) is 7.24. The zero-order chi connectivity index (χ0) is 16.8. The second kappa shape index (κ2) is 8.41. The fourth-order valence-corrected chi connectivity index (χ4v) is 3.85. The standard InChI is InChI=1S/C17H20N4OS2/c1-2-6-13(9-22)19-16-14-15(18-11-24-14)20-17(21-16)23-10-12-7-4-3-5-8-12/h3-5,7-8,11,13,22H,2,6,9-10H2,1H3,(H,19,20,21)/t13-/m1/s1. The van der Waals surface area contributed by atoms with E-state index in [2.05, 4.69) is 39.3 Å². The molecule has 5 nitrogen and oxygen atoms in total. The zero-order valence-corrected chi connectivity index (χ0v) is 15.1. The molecule has 2 aromatic heterocycles. The van der Waals surface area contributed by atoms with E-state index in [4.69, 9.17) is 0 Å². The summed E-state index contributed by atoms with van der Waals surface area (Å²) in [6.45, 7) is 2.19. The molecule has 0 amide bonds. The SMILES string of the molecule is CCC[C@H](CO)Nc1nc(SCc2ccccc2)nc2ncsc12. The first kappa shape index (κ1) is 17.1. The molecular weight excluding hydrogens is 340 g/mol. The van der Waals surface area contributed by atoms with Crippen molar-refractivity contribution in [3.63, 3.8) is 0 Å². The summed E-state index contributed by atoms with van der Waals surface area (Å²) in [4.78, 5) is 13.5. The van der Waals surface area contributed by atoms with Crippen molar-refractivity contribution in [2.45, 2.75) is 36.7 Å². The van der Waals surface area contributed by atoms with E-state index >= 15 is 0 Å². The number of nitrogens with one attached hydrogen (secondary N) is 1. The molecular formula is C17H20N4OS2. The Morgan fingerprint density at radius 3 is 2.83 bits per heavy atom. The predicted molar refractivity (Wildman–Crippen MR) is 101 cm³/mol. The topological polar surface area (TPSA) is 70.9 Å². The van der Waals surface area contributed by atoms with Crippen molar-refractivity contribution in [2.75, 3.05) is 11.9 Å². The summed E-state index contributed by atoms with van der Waals surface area (Å²) in [5.74, 6) is 1.58. The van der Waals surface area contributed by atoms with Crippen LogP contribution in [0.25, 0.3) is 10.3 Å². The number of hydrogen-bond acceptors (Lipinski definition) is 7. The Labute approximate surface area is 149 Å². The predicted octanol–water partition coefficient (Wildman–Crippen LogP) is 3.95. The molecule has 0 fully saturated rings. The molecule has 24 heavy (non-hydrogen) atoms. The molecule has 2 heterocycles. The summed E-state index contributed by atoms with van der Waals surface area (Å²) in [6.07, 6.45) is 1.90. The minimum absolute atomic E-state index is 0.00201. The molecule has 0 spiro atoms. The van der Waals surface area contributed by atoms with Gasteiger partial charge in [0.1, 0.15) is 4.70 Å². The summed E-state index contributed by atoms with van der Waals surface area (Å²) >= 11 is 3.11. The molecule has 0 radical (unpaired) electrons. The Morgan fingerprint density at radius 1 is 1.25 bits per heavy atom. The van der Waals surface area contributed by atoms with Gasteiger partial charge in [-0.15, -0.1) is 11.3 Å². The minimum Gasteiger partial charge on any atom is -0.394 e. The van der Waals surface area contributed by atoms with Crippen molar-refractivity contribution in [1.29, 1.82) is 0 Å². The van der Waals surface area contributed by atoms with Crippen LogP contribution < -0.4 is 5.32 Å². The number of aliphatic hydroxyl groups is 1. The summed E-state index contributed by atoms with van der Waals surface area (Å²) in [5.41, 5.74) is 3.73. The maximum Gasteiger partial charge on any atom is 0.191 e. The van der Waals surface area contributed by atoms with Gasteiger partial charge in [-0.2, -0.15) is 0 Å². The molecule has 0 aliphatic rings. The summed E-state index contributed by atoms with van der Waals surface area (Å²) in [7, 11) is 0. The Kier molecular flexibility index (Phi) is 6.01. The quantitative estimate of drug-likeness (QED) is 0.468. The summed E-state index contributed by atoms with van der Waals surface area (Å²) < 4.78 is 0.939. The van der Waals surface area contributed by atoms with Crippen LogP contribution in [0.15, 0.2) is 41.0 Å². The first-order valence-electron chi connectivity index (χ1n) is 7.95. The van der Waals surface area contributed by atoms with Crippen LogP contribution in [0.5, 0.6) is 0 Å². The van der Waals surface area contributed by atoms with Gasteiger partial charge in [-0.05, 0) is 12.0 Å². The Bertz CT molecular complexity index is 779. The van der Waals surface area contributed by atoms with E-state index in [9.17, 15) is 5.11 Å². The van der Waals surface area contributed by atoms with E-state index < -0.39 is 0 Å².